The SMILES string of the molecule is CS(=O)(=O)NCCCNc1ccc(N)c2ncccc12. The van der Waals surface area contributed by atoms with E-state index in [2.05, 4.69) is 15.0 Å². The number of aromatic nitrogens is 1. The maximum Gasteiger partial charge on any atom is 0.208 e. The van der Waals surface area contributed by atoms with Crippen molar-refractivity contribution in [1.82, 2.24) is 9.71 Å². The van der Waals surface area contributed by atoms with Gasteiger partial charge in [0.2, 0.25) is 10.0 Å². The standard InChI is InChI=1S/C13H18N4O2S/c1-20(18,19)17-9-3-8-15-12-6-5-11(14)13-10(12)4-2-7-16-13/h2,4-7,15,17H,3,8-9,14H2,1H3. The number of rotatable bonds is 6. The first kappa shape index (κ1) is 14.5. The van der Waals surface area contributed by atoms with Crippen molar-refractivity contribution in [1.29, 1.82) is 0 Å². The molecule has 0 spiro atoms. The van der Waals surface area contributed by atoms with Crippen LogP contribution in [0.2, 0.25) is 0 Å². The summed E-state index contributed by atoms with van der Waals surface area (Å²) in [5.74, 6) is 0. The molecular weight excluding hydrogens is 276 g/mol. The molecule has 0 unspecified atom stereocenters. The highest BCUT2D eigenvalue weighted by Crippen LogP contribution is 2.26. The average Bonchev–Trinajstić information content (AvgIpc) is 2.40. The quantitative estimate of drug-likeness (QED) is 0.549. The topological polar surface area (TPSA) is 97.1 Å². The molecule has 0 aliphatic heterocycles. The molecule has 0 bridgehead atoms. The van der Waals surface area contributed by atoms with Gasteiger partial charge in [-0.25, -0.2) is 13.1 Å². The molecule has 0 amide bonds. The first-order valence-corrected chi connectivity index (χ1v) is 8.18. The summed E-state index contributed by atoms with van der Waals surface area (Å²) in [7, 11) is -3.11. The Kier molecular flexibility index (Phi) is 4.41. The third kappa shape index (κ3) is 3.82. The minimum atomic E-state index is -3.11. The van der Waals surface area contributed by atoms with Crippen molar-refractivity contribution >= 4 is 32.3 Å². The van der Waals surface area contributed by atoms with Gasteiger partial charge in [-0.15, -0.1) is 0 Å². The molecule has 0 saturated heterocycles. The number of hydrogen-bond donors (Lipinski definition) is 3. The summed E-state index contributed by atoms with van der Waals surface area (Å²) in [6.45, 7) is 1.08. The van der Waals surface area contributed by atoms with Gasteiger partial charge in [-0.2, -0.15) is 0 Å². The van der Waals surface area contributed by atoms with Gasteiger partial charge in [0, 0.05) is 30.4 Å². The Morgan fingerprint density at radius 1 is 1.25 bits per heavy atom. The van der Waals surface area contributed by atoms with Crippen molar-refractivity contribution in [2.24, 2.45) is 0 Å². The second kappa shape index (κ2) is 6.06. The van der Waals surface area contributed by atoms with Crippen LogP contribution in [0.4, 0.5) is 11.4 Å². The third-order valence-corrected chi connectivity index (χ3v) is 3.56. The molecule has 0 aliphatic carbocycles. The monoisotopic (exact) mass is 294 g/mol. The van der Waals surface area contributed by atoms with Crippen molar-refractivity contribution < 1.29 is 8.42 Å². The van der Waals surface area contributed by atoms with Crippen molar-refractivity contribution in [3.8, 4) is 0 Å². The highest BCUT2D eigenvalue weighted by molar-refractivity contribution is 7.88. The van der Waals surface area contributed by atoms with E-state index in [0.717, 1.165) is 22.8 Å². The fourth-order valence-electron chi connectivity index (χ4n) is 1.92. The number of anilines is 2. The minimum Gasteiger partial charge on any atom is -0.397 e. The van der Waals surface area contributed by atoms with Crippen LogP contribution in [0.1, 0.15) is 6.42 Å². The van der Waals surface area contributed by atoms with Gasteiger partial charge < -0.3 is 11.1 Å². The second-order valence-electron chi connectivity index (χ2n) is 4.55. The highest BCUT2D eigenvalue weighted by Gasteiger charge is 2.04. The molecule has 1 heterocycles. The lowest BCUT2D eigenvalue weighted by molar-refractivity contribution is 0.586. The van der Waals surface area contributed by atoms with E-state index >= 15 is 0 Å². The Labute approximate surface area is 118 Å². The van der Waals surface area contributed by atoms with Gasteiger partial charge in [0.05, 0.1) is 17.5 Å². The van der Waals surface area contributed by atoms with Crippen LogP contribution in [-0.4, -0.2) is 32.7 Å². The van der Waals surface area contributed by atoms with Gasteiger partial charge in [0.1, 0.15) is 0 Å². The van der Waals surface area contributed by atoms with Gasteiger partial charge in [-0.05, 0) is 30.7 Å². The van der Waals surface area contributed by atoms with Crippen LogP contribution in [0, 0.1) is 0 Å². The number of nitrogens with zero attached hydrogens (tertiary/aromatic N) is 1. The number of pyridine rings is 1. The average molecular weight is 294 g/mol. The summed E-state index contributed by atoms with van der Waals surface area (Å²) in [6, 6.07) is 7.53. The summed E-state index contributed by atoms with van der Waals surface area (Å²) in [4.78, 5) is 4.26. The van der Waals surface area contributed by atoms with Gasteiger partial charge in [0.25, 0.3) is 0 Å². The zero-order valence-corrected chi connectivity index (χ0v) is 12.1. The van der Waals surface area contributed by atoms with Gasteiger partial charge in [-0.3, -0.25) is 4.98 Å². The highest BCUT2D eigenvalue weighted by atomic mass is 32.2. The van der Waals surface area contributed by atoms with E-state index in [0.29, 0.717) is 25.2 Å². The van der Waals surface area contributed by atoms with E-state index in [9.17, 15) is 8.42 Å². The van der Waals surface area contributed by atoms with Crippen LogP contribution in [0.15, 0.2) is 30.5 Å². The molecule has 0 radical (unpaired) electrons. The minimum absolute atomic E-state index is 0.414. The maximum absolute atomic E-state index is 10.9. The zero-order valence-electron chi connectivity index (χ0n) is 11.3. The number of fused-ring (bicyclic) bond motifs is 1. The lowest BCUT2D eigenvalue weighted by Crippen LogP contribution is -2.24. The van der Waals surface area contributed by atoms with E-state index in [1.165, 1.54) is 0 Å². The normalized spacial score (nSPS) is 11.7. The molecule has 2 aromatic rings. The zero-order chi connectivity index (χ0) is 14.6. The van der Waals surface area contributed by atoms with Crippen molar-refractivity contribution in [3.05, 3.63) is 30.5 Å². The molecule has 108 valence electrons. The molecule has 0 atom stereocenters. The number of hydrogen-bond acceptors (Lipinski definition) is 5. The van der Waals surface area contributed by atoms with Crippen molar-refractivity contribution in [2.75, 3.05) is 30.4 Å². The molecule has 6 nitrogen and oxygen atoms in total. The van der Waals surface area contributed by atoms with Crippen LogP contribution in [-0.2, 0) is 10.0 Å². The molecule has 1 aromatic carbocycles. The maximum atomic E-state index is 10.9. The van der Waals surface area contributed by atoms with Crippen LogP contribution < -0.4 is 15.8 Å². The molecule has 2 rings (SSSR count). The van der Waals surface area contributed by atoms with Crippen LogP contribution >= 0.6 is 0 Å². The molecular formula is C13H18N4O2S. The van der Waals surface area contributed by atoms with E-state index < -0.39 is 10.0 Å². The predicted molar refractivity (Wildman–Crippen MR) is 82.1 cm³/mol. The summed E-state index contributed by atoms with van der Waals surface area (Å²) in [6.07, 6.45) is 3.55. The summed E-state index contributed by atoms with van der Waals surface area (Å²) < 4.78 is 24.3. The lowest BCUT2D eigenvalue weighted by Gasteiger charge is -2.10. The fraction of sp³-hybridized carbons (Fsp3) is 0.308. The number of nitrogens with two attached hydrogens (primary N) is 1. The number of nitrogen functional groups attached to an aromatic ring is 1. The van der Waals surface area contributed by atoms with E-state index in [4.69, 9.17) is 5.73 Å². The smallest absolute Gasteiger partial charge is 0.208 e. The Balaban J connectivity index is 1.99. The molecule has 20 heavy (non-hydrogen) atoms. The van der Waals surface area contributed by atoms with Gasteiger partial charge >= 0.3 is 0 Å². The summed E-state index contributed by atoms with van der Waals surface area (Å²) >= 11 is 0. The van der Waals surface area contributed by atoms with Crippen LogP contribution in [0.3, 0.4) is 0 Å². The van der Waals surface area contributed by atoms with Crippen molar-refractivity contribution in [2.45, 2.75) is 6.42 Å². The summed E-state index contributed by atoms with van der Waals surface area (Å²) in [5.41, 5.74) is 8.24. The van der Waals surface area contributed by atoms with E-state index in [1.807, 2.05) is 24.3 Å². The first-order valence-electron chi connectivity index (χ1n) is 6.29. The molecule has 7 heteroatoms. The molecule has 0 aliphatic rings. The Morgan fingerprint density at radius 2 is 2.05 bits per heavy atom. The number of nitrogens with one attached hydrogen (secondary N) is 2. The molecule has 0 saturated carbocycles. The third-order valence-electron chi connectivity index (χ3n) is 2.83. The Morgan fingerprint density at radius 3 is 2.80 bits per heavy atom. The largest absolute Gasteiger partial charge is 0.397 e. The predicted octanol–water partition coefficient (Wildman–Crippen LogP) is 1.17. The number of benzene rings is 1. The number of sulfonamides is 1. The van der Waals surface area contributed by atoms with Crippen molar-refractivity contribution in [3.63, 3.8) is 0 Å². The summed E-state index contributed by atoms with van der Waals surface area (Å²) in [5, 5.41) is 4.23. The van der Waals surface area contributed by atoms with Crippen LogP contribution in [0.5, 0.6) is 0 Å². The fourth-order valence-corrected chi connectivity index (χ4v) is 2.43. The first-order chi connectivity index (χ1) is 9.47. The Hall–Kier alpha value is -1.86. The van der Waals surface area contributed by atoms with Gasteiger partial charge in [0.15, 0.2) is 0 Å². The lowest BCUT2D eigenvalue weighted by atomic mass is 10.1. The van der Waals surface area contributed by atoms with Gasteiger partial charge in [-0.1, -0.05) is 0 Å². The Bertz CT molecular complexity index is 701. The second-order valence-corrected chi connectivity index (χ2v) is 6.38. The van der Waals surface area contributed by atoms with E-state index in [1.54, 1.807) is 6.20 Å². The van der Waals surface area contributed by atoms with Crippen LogP contribution in [0.25, 0.3) is 10.9 Å². The van der Waals surface area contributed by atoms with E-state index in [-0.39, 0.29) is 0 Å². The molecule has 4 N–H and O–H groups in total. The molecule has 0 fully saturated rings. The molecule has 1 aromatic heterocycles.